The van der Waals surface area contributed by atoms with E-state index in [4.69, 9.17) is 4.43 Å². The van der Waals surface area contributed by atoms with E-state index in [0.717, 1.165) is 6.04 Å². The lowest BCUT2D eigenvalue weighted by atomic mass is 10.4. The Kier molecular flexibility index (Phi) is 3.32. The highest BCUT2D eigenvalue weighted by Crippen LogP contribution is 2.34. The van der Waals surface area contributed by atoms with E-state index in [1.807, 2.05) is 6.92 Å². The van der Waals surface area contributed by atoms with E-state index in [0.29, 0.717) is 6.42 Å². The lowest BCUT2D eigenvalue weighted by Crippen LogP contribution is -2.36. The average molecular weight is 186 g/mol. The Labute approximate surface area is 75.4 Å². The summed E-state index contributed by atoms with van der Waals surface area (Å²) in [6.45, 7) is 4.04. The molecular formula is C9H18O2Si. The fourth-order valence-electron chi connectivity index (χ4n) is 1.86. The second-order valence-corrected chi connectivity index (χ2v) is 7.85. The van der Waals surface area contributed by atoms with Gasteiger partial charge in [-0.05, 0) is 18.1 Å². The minimum absolute atomic E-state index is 0.0189. The summed E-state index contributed by atoms with van der Waals surface area (Å²) in [5.74, 6) is 0.0189. The summed E-state index contributed by atoms with van der Waals surface area (Å²) in [7, 11) is -1.54. The van der Waals surface area contributed by atoms with Crippen molar-refractivity contribution in [2.24, 2.45) is 0 Å². The molecule has 0 spiro atoms. The third-order valence-corrected chi connectivity index (χ3v) is 7.26. The highest BCUT2D eigenvalue weighted by atomic mass is 28.4. The Hall–Kier alpha value is -0.313. The Morgan fingerprint density at radius 3 is 2.33 bits per heavy atom. The lowest BCUT2D eigenvalue weighted by molar-refractivity contribution is -0.134. The zero-order chi connectivity index (χ0) is 9.03. The van der Waals surface area contributed by atoms with Crippen molar-refractivity contribution in [3.63, 3.8) is 0 Å². The lowest BCUT2D eigenvalue weighted by Gasteiger charge is -2.24. The van der Waals surface area contributed by atoms with Crippen LogP contribution in [0.15, 0.2) is 0 Å². The van der Waals surface area contributed by atoms with Gasteiger partial charge in [0.15, 0.2) is 0 Å². The van der Waals surface area contributed by atoms with Crippen molar-refractivity contribution in [1.82, 2.24) is 0 Å². The van der Waals surface area contributed by atoms with E-state index >= 15 is 0 Å². The number of carbonyl (C=O) groups excluding carboxylic acids is 1. The van der Waals surface area contributed by atoms with Crippen molar-refractivity contribution >= 4 is 14.3 Å². The predicted octanol–water partition coefficient (Wildman–Crippen LogP) is 2.70. The normalized spacial score (nSPS) is 20.8. The van der Waals surface area contributed by atoms with Crippen LogP contribution in [0.1, 0.15) is 33.1 Å². The average Bonchev–Trinajstić information content (AvgIpc) is 2.54. The Morgan fingerprint density at radius 2 is 1.92 bits per heavy atom. The summed E-state index contributed by atoms with van der Waals surface area (Å²) >= 11 is 0. The van der Waals surface area contributed by atoms with Gasteiger partial charge in [0, 0.05) is 6.42 Å². The third-order valence-electron chi connectivity index (χ3n) is 2.78. The quantitative estimate of drug-likeness (QED) is 0.633. The molecule has 1 heterocycles. The molecule has 1 aliphatic rings. The van der Waals surface area contributed by atoms with E-state index in [-0.39, 0.29) is 5.97 Å². The van der Waals surface area contributed by atoms with Crippen LogP contribution in [-0.2, 0) is 9.22 Å². The second kappa shape index (κ2) is 4.08. The van der Waals surface area contributed by atoms with Crippen LogP contribution < -0.4 is 0 Å². The number of carbonyl (C=O) groups is 1. The molecule has 3 heteroatoms. The molecule has 0 aliphatic carbocycles. The minimum Gasteiger partial charge on any atom is -0.519 e. The second-order valence-electron chi connectivity index (χ2n) is 3.57. The SMILES string of the molecule is CCC(=O)O[Si]1(CC)CCCC1. The summed E-state index contributed by atoms with van der Waals surface area (Å²) in [6.07, 6.45) is 3.09. The Bertz CT molecular complexity index is 162. The van der Waals surface area contributed by atoms with E-state index in [1.165, 1.54) is 24.9 Å². The van der Waals surface area contributed by atoms with Crippen LogP contribution in [0.4, 0.5) is 0 Å². The first-order chi connectivity index (χ1) is 5.72. The molecule has 2 nitrogen and oxygen atoms in total. The first kappa shape index (κ1) is 9.77. The standard InChI is InChI=1S/C9H18O2Si/c1-3-9(10)11-12(4-2)7-5-6-8-12/h3-8H2,1-2H3. The molecule has 0 bridgehead atoms. The van der Waals surface area contributed by atoms with Crippen molar-refractivity contribution < 1.29 is 9.22 Å². The van der Waals surface area contributed by atoms with Gasteiger partial charge in [0.1, 0.15) is 0 Å². The van der Waals surface area contributed by atoms with Gasteiger partial charge in [-0.1, -0.05) is 26.7 Å². The van der Waals surface area contributed by atoms with Gasteiger partial charge in [0.25, 0.3) is 14.3 Å². The Balaban J connectivity index is 2.49. The zero-order valence-electron chi connectivity index (χ0n) is 8.06. The van der Waals surface area contributed by atoms with Gasteiger partial charge in [0.05, 0.1) is 0 Å². The van der Waals surface area contributed by atoms with Crippen LogP contribution in [0, 0.1) is 0 Å². The van der Waals surface area contributed by atoms with Crippen LogP contribution >= 0.6 is 0 Å². The summed E-state index contributed by atoms with van der Waals surface area (Å²) in [6, 6.07) is 3.52. The highest BCUT2D eigenvalue weighted by Gasteiger charge is 2.39. The molecule has 0 aromatic carbocycles. The van der Waals surface area contributed by atoms with Crippen LogP contribution in [0.2, 0.25) is 18.1 Å². The van der Waals surface area contributed by atoms with Gasteiger partial charge in [0.2, 0.25) is 0 Å². The maximum absolute atomic E-state index is 11.1. The number of hydrogen-bond donors (Lipinski definition) is 0. The minimum atomic E-state index is -1.54. The van der Waals surface area contributed by atoms with Crippen LogP contribution in [0.5, 0.6) is 0 Å². The first-order valence-corrected chi connectivity index (χ1v) is 7.47. The van der Waals surface area contributed by atoms with E-state index in [9.17, 15) is 4.79 Å². The molecule has 0 saturated carbocycles. The van der Waals surface area contributed by atoms with E-state index in [2.05, 4.69) is 6.92 Å². The summed E-state index contributed by atoms with van der Waals surface area (Å²) in [4.78, 5) is 11.1. The number of rotatable bonds is 3. The smallest absolute Gasteiger partial charge is 0.292 e. The molecule has 1 saturated heterocycles. The molecule has 1 fully saturated rings. The highest BCUT2D eigenvalue weighted by molar-refractivity contribution is 6.75. The van der Waals surface area contributed by atoms with Crippen molar-refractivity contribution in [2.75, 3.05) is 0 Å². The maximum atomic E-state index is 11.1. The number of hydrogen-bond acceptors (Lipinski definition) is 2. The monoisotopic (exact) mass is 186 g/mol. The maximum Gasteiger partial charge on any atom is 0.292 e. The molecule has 1 rings (SSSR count). The topological polar surface area (TPSA) is 26.3 Å². The molecule has 0 atom stereocenters. The Morgan fingerprint density at radius 1 is 1.33 bits per heavy atom. The summed E-state index contributed by atoms with van der Waals surface area (Å²) in [5.41, 5.74) is 0. The van der Waals surface area contributed by atoms with Crippen LogP contribution in [0.3, 0.4) is 0 Å². The van der Waals surface area contributed by atoms with Gasteiger partial charge in [-0.3, -0.25) is 4.79 Å². The molecule has 0 aromatic heterocycles. The van der Waals surface area contributed by atoms with Crippen molar-refractivity contribution in [1.29, 1.82) is 0 Å². The van der Waals surface area contributed by atoms with Gasteiger partial charge in [-0.25, -0.2) is 0 Å². The molecule has 70 valence electrons. The van der Waals surface area contributed by atoms with Gasteiger partial charge >= 0.3 is 0 Å². The van der Waals surface area contributed by atoms with Crippen molar-refractivity contribution in [3.05, 3.63) is 0 Å². The van der Waals surface area contributed by atoms with Crippen LogP contribution in [0.25, 0.3) is 0 Å². The zero-order valence-corrected chi connectivity index (χ0v) is 9.06. The fraction of sp³-hybridized carbons (Fsp3) is 0.889. The van der Waals surface area contributed by atoms with Crippen LogP contribution in [-0.4, -0.2) is 14.3 Å². The van der Waals surface area contributed by atoms with Gasteiger partial charge < -0.3 is 4.43 Å². The van der Waals surface area contributed by atoms with Gasteiger partial charge in [-0.15, -0.1) is 0 Å². The van der Waals surface area contributed by atoms with Crippen molar-refractivity contribution in [2.45, 2.75) is 51.2 Å². The molecule has 0 amide bonds. The molecule has 0 radical (unpaired) electrons. The fourth-order valence-corrected chi connectivity index (χ4v) is 5.58. The summed E-state index contributed by atoms with van der Waals surface area (Å²) < 4.78 is 5.60. The van der Waals surface area contributed by atoms with Gasteiger partial charge in [-0.2, -0.15) is 0 Å². The molecular weight excluding hydrogens is 168 g/mol. The molecule has 1 aliphatic heterocycles. The molecule has 12 heavy (non-hydrogen) atoms. The van der Waals surface area contributed by atoms with E-state index < -0.39 is 8.32 Å². The van der Waals surface area contributed by atoms with E-state index in [1.54, 1.807) is 0 Å². The first-order valence-electron chi connectivity index (χ1n) is 4.94. The van der Waals surface area contributed by atoms with Crippen molar-refractivity contribution in [3.8, 4) is 0 Å². The molecule has 0 aromatic rings. The molecule has 0 unspecified atom stereocenters. The predicted molar refractivity (Wildman–Crippen MR) is 51.5 cm³/mol. The third kappa shape index (κ3) is 2.09. The summed E-state index contributed by atoms with van der Waals surface area (Å²) in [5, 5.41) is 0. The largest absolute Gasteiger partial charge is 0.519 e. The molecule has 0 N–H and O–H groups in total.